The molecule has 0 aromatic rings. The van der Waals surface area contributed by atoms with E-state index in [0.29, 0.717) is 13.3 Å². The predicted octanol–water partition coefficient (Wildman–Crippen LogP) is -0.336. The maximum atomic E-state index is 10.2. The second-order valence-electron chi connectivity index (χ2n) is 2.13. The number of carbonyl (C=O) groups is 1. The summed E-state index contributed by atoms with van der Waals surface area (Å²) in [4.78, 5) is 10.2. The van der Waals surface area contributed by atoms with Crippen molar-refractivity contribution >= 4 is 6.09 Å². The van der Waals surface area contributed by atoms with Crippen LogP contribution < -0.4 is 11.1 Å². The number of methoxy groups -OCH3 is 1. The molecule has 0 bridgehead atoms. The topological polar surface area (TPSA) is 73.6 Å². The monoisotopic (exact) mass is 162 g/mol. The lowest BCUT2D eigenvalue weighted by Gasteiger charge is -2.11. The molecule has 1 unspecified atom stereocenters. The van der Waals surface area contributed by atoms with Gasteiger partial charge in [-0.15, -0.1) is 0 Å². The Morgan fingerprint density at radius 1 is 1.73 bits per heavy atom. The van der Waals surface area contributed by atoms with E-state index in [1.807, 2.05) is 0 Å². The molecule has 0 heterocycles. The second kappa shape index (κ2) is 5.94. The summed E-state index contributed by atoms with van der Waals surface area (Å²) in [7, 11) is 1.58. The number of carbonyl (C=O) groups excluding carboxylic acids is 1. The van der Waals surface area contributed by atoms with Crippen molar-refractivity contribution in [3.8, 4) is 0 Å². The zero-order chi connectivity index (χ0) is 8.69. The van der Waals surface area contributed by atoms with E-state index in [1.165, 1.54) is 0 Å². The fourth-order valence-electron chi connectivity index (χ4n) is 0.604. The van der Waals surface area contributed by atoms with Gasteiger partial charge in [0.25, 0.3) is 0 Å². The fraction of sp³-hybridized carbons (Fsp3) is 0.833. The third-order valence-corrected chi connectivity index (χ3v) is 0.996. The van der Waals surface area contributed by atoms with Gasteiger partial charge in [-0.25, -0.2) is 4.79 Å². The molecule has 3 N–H and O–H groups in total. The van der Waals surface area contributed by atoms with Crippen LogP contribution in [0.3, 0.4) is 0 Å². The van der Waals surface area contributed by atoms with Crippen molar-refractivity contribution in [1.29, 1.82) is 0 Å². The van der Waals surface area contributed by atoms with Gasteiger partial charge in [0.15, 0.2) is 0 Å². The Balaban J connectivity index is 3.22. The quantitative estimate of drug-likeness (QED) is 0.428. The molecule has 0 radical (unpaired) electrons. The Kier molecular flexibility index (Phi) is 5.50. The molecule has 0 rings (SSSR count). The summed E-state index contributed by atoms with van der Waals surface area (Å²) >= 11 is 0. The first-order valence-electron chi connectivity index (χ1n) is 3.32. The number of ether oxygens (including phenoxy) is 2. The Hall–Kier alpha value is -0.810. The highest BCUT2D eigenvalue weighted by Gasteiger charge is 2.03. The van der Waals surface area contributed by atoms with E-state index in [1.54, 1.807) is 14.0 Å². The smallest absolute Gasteiger partial charge is 0.404 e. The molecule has 0 aliphatic carbocycles. The van der Waals surface area contributed by atoms with Crippen LogP contribution in [-0.2, 0) is 9.47 Å². The van der Waals surface area contributed by atoms with Crippen LogP contribution in [0.25, 0.3) is 0 Å². The summed E-state index contributed by atoms with van der Waals surface area (Å²) in [5, 5.41) is 2.89. The third-order valence-electron chi connectivity index (χ3n) is 0.996. The molecule has 66 valence electrons. The van der Waals surface area contributed by atoms with Gasteiger partial charge in [-0.3, -0.25) is 5.32 Å². The molecular weight excluding hydrogens is 148 g/mol. The van der Waals surface area contributed by atoms with E-state index in [9.17, 15) is 4.79 Å². The van der Waals surface area contributed by atoms with Crippen LogP contribution >= 0.6 is 0 Å². The molecule has 0 aliphatic heterocycles. The predicted molar refractivity (Wildman–Crippen MR) is 40.0 cm³/mol. The van der Waals surface area contributed by atoms with Gasteiger partial charge in [0.2, 0.25) is 0 Å². The normalized spacial score (nSPS) is 12.5. The van der Waals surface area contributed by atoms with E-state index < -0.39 is 6.09 Å². The van der Waals surface area contributed by atoms with Crippen molar-refractivity contribution in [2.24, 2.45) is 5.73 Å². The van der Waals surface area contributed by atoms with Crippen molar-refractivity contribution in [3.63, 3.8) is 0 Å². The highest BCUT2D eigenvalue weighted by atomic mass is 16.6. The molecular formula is C6H14N2O3. The molecule has 5 nitrogen and oxygen atoms in total. The highest BCUT2D eigenvalue weighted by Crippen LogP contribution is 1.86. The van der Waals surface area contributed by atoms with E-state index in [2.05, 4.69) is 10.1 Å². The highest BCUT2D eigenvalue weighted by molar-refractivity contribution is 5.64. The van der Waals surface area contributed by atoms with E-state index in [4.69, 9.17) is 10.5 Å². The molecule has 0 aromatic heterocycles. The molecule has 1 amide bonds. The van der Waals surface area contributed by atoms with Crippen LogP contribution in [0.5, 0.6) is 0 Å². The van der Waals surface area contributed by atoms with Crippen LogP contribution in [0.15, 0.2) is 0 Å². The summed E-state index contributed by atoms with van der Waals surface area (Å²) < 4.78 is 9.33. The first kappa shape index (κ1) is 10.2. The molecule has 11 heavy (non-hydrogen) atoms. The minimum atomic E-state index is -0.753. The maximum Gasteiger partial charge on any atom is 0.404 e. The van der Waals surface area contributed by atoms with Gasteiger partial charge in [0.05, 0.1) is 6.73 Å². The lowest BCUT2D eigenvalue weighted by atomic mass is 10.4. The number of nitrogens with two attached hydrogens (primary N) is 1. The van der Waals surface area contributed by atoms with Gasteiger partial charge in [-0.05, 0) is 6.92 Å². The zero-order valence-corrected chi connectivity index (χ0v) is 6.79. The van der Waals surface area contributed by atoms with Crippen molar-refractivity contribution in [2.45, 2.75) is 13.0 Å². The molecule has 0 saturated carbocycles. The van der Waals surface area contributed by atoms with Crippen molar-refractivity contribution < 1.29 is 14.3 Å². The molecule has 0 aromatic carbocycles. The van der Waals surface area contributed by atoms with Gasteiger partial charge >= 0.3 is 6.09 Å². The van der Waals surface area contributed by atoms with Crippen molar-refractivity contribution in [1.82, 2.24) is 5.32 Å². The first-order valence-corrected chi connectivity index (χ1v) is 3.32. The maximum absolute atomic E-state index is 10.2. The average Bonchev–Trinajstić information content (AvgIpc) is 1.86. The Morgan fingerprint density at radius 2 is 2.36 bits per heavy atom. The SMILES string of the molecule is COCNCC(C)OC(N)=O. The number of nitrogens with one attached hydrogen (secondary N) is 1. The summed E-state index contributed by atoms with van der Waals surface area (Å²) in [6, 6.07) is 0. The van der Waals surface area contributed by atoms with Crippen LogP contribution in [0.1, 0.15) is 6.92 Å². The van der Waals surface area contributed by atoms with Gasteiger partial charge in [0.1, 0.15) is 6.10 Å². The Morgan fingerprint density at radius 3 is 2.82 bits per heavy atom. The molecule has 0 saturated heterocycles. The van der Waals surface area contributed by atoms with Crippen molar-refractivity contribution in [2.75, 3.05) is 20.4 Å². The largest absolute Gasteiger partial charge is 0.445 e. The van der Waals surface area contributed by atoms with E-state index >= 15 is 0 Å². The van der Waals surface area contributed by atoms with Crippen LogP contribution in [-0.4, -0.2) is 32.6 Å². The minimum Gasteiger partial charge on any atom is -0.445 e. The summed E-state index contributed by atoms with van der Waals surface area (Å²) in [6.45, 7) is 2.72. The van der Waals surface area contributed by atoms with Crippen LogP contribution in [0.2, 0.25) is 0 Å². The fourth-order valence-corrected chi connectivity index (χ4v) is 0.604. The molecule has 1 atom stereocenters. The molecule has 0 fully saturated rings. The number of primary amides is 1. The molecule has 0 spiro atoms. The van der Waals surface area contributed by atoms with Gasteiger partial charge in [-0.1, -0.05) is 0 Å². The zero-order valence-electron chi connectivity index (χ0n) is 6.79. The van der Waals surface area contributed by atoms with Gasteiger partial charge < -0.3 is 15.2 Å². The number of hydrogen-bond acceptors (Lipinski definition) is 4. The standard InChI is InChI=1S/C6H14N2O3/c1-5(11-6(7)9)3-8-4-10-2/h5,8H,3-4H2,1-2H3,(H2,7,9). The van der Waals surface area contributed by atoms with E-state index in [0.717, 1.165) is 0 Å². The Bertz CT molecular complexity index is 118. The second-order valence-corrected chi connectivity index (χ2v) is 2.13. The summed E-state index contributed by atoms with van der Waals surface area (Å²) in [6.07, 6.45) is -0.973. The lowest BCUT2D eigenvalue weighted by Crippen LogP contribution is -2.31. The van der Waals surface area contributed by atoms with Gasteiger partial charge in [0, 0.05) is 13.7 Å². The number of hydrogen-bond donors (Lipinski definition) is 2. The van der Waals surface area contributed by atoms with E-state index in [-0.39, 0.29) is 6.10 Å². The van der Waals surface area contributed by atoms with Crippen LogP contribution in [0, 0.1) is 0 Å². The first-order chi connectivity index (χ1) is 5.16. The van der Waals surface area contributed by atoms with Gasteiger partial charge in [-0.2, -0.15) is 0 Å². The molecule has 5 heteroatoms. The average molecular weight is 162 g/mol. The lowest BCUT2D eigenvalue weighted by molar-refractivity contribution is 0.103. The summed E-state index contributed by atoms with van der Waals surface area (Å²) in [5.74, 6) is 0. The molecule has 0 aliphatic rings. The Labute approximate surface area is 65.8 Å². The summed E-state index contributed by atoms with van der Waals surface area (Å²) in [5.41, 5.74) is 4.78. The minimum absolute atomic E-state index is 0.220. The van der Waals surface area contributed by atoms with Crippen LogP contribution in [0.4, 0.5) is 4.79 Å². The third kappa shape index (κ3) is 7.08. The van der Waals surface area contributed by atoms with Crippen molar-refractivity contribution in [3.05, 3.63) is 0 Å². The number of amides is 1. The number of rotatable bonds is 5.